The number of carbonyl (C=O) groups excluding carboxylic acids is 2. The van der Waals surface area contributed by atoms with Gasteiger partial charge in [-0.05, 0) is 37.1 Å². The van der Waals surface area contributed by atoms with Crippen molar-refractivity contribution in [3.63, 3.8) is 0 Å². The van der Waals surface area contributed by atoms with Gasteiger partial charge in [-0.3, -0.25) is 9.59 Å². The SMILES string of the molecule is CCCCC(=O)NCC(=O)Nc1ccc(Br)cc1C. The molecule has 0 heterocycles. The van der Waals surface area contributed by atoms with Crippen LogP contribution in [-0.4, -0.2) is 18.4 Å². The van der Waals surface area contributed by atoms with Crippen molar-refractivity contribution in [3.8, 4) is 0 Å². The molecule has 19 heavy (non-hydrogen) atoms. The van der Waals surface area contributed by atoms with Gasteiger partial charge in [0.25, 0.3) is 0 Å². The van der Waals surface area contributed by atoms with E-state index < -0.39 is 0 Å². The fourth-order valence-corrected chi connectivity index (χ4v) is 2.04. The molecule has 0 aliphatic heterocycles. The number of anilines is 1. The zero-order valence-electron chi connectivity index (χ0n) is 11.3. The number of nitrogens with one attached hydrogen (secondary N) is 2. The van der Waals surface area contributed by atoms with E-state index in [1.54, 1.807) is 0 Å². The van der Waals surface area contributed by atoms with Crippen LogP contribution >= 0.6 is 15.9 Å². The Morgan fingerprint density at radius 2 is 2.00 bits per heavy atom. The Labute approximate surface area is 122 Å². The lowest BCUT2D eigenvalue weighted by Gasteiger charge is -2.09. The van der Waals surface area contributed by atoms with Crippen molar-refractivity contribution in [1.29, 1.82) is 0 Å². The van der Waals surface area contributed by atoms with Crippen molar-refractivity contribution < 1.29 is 9.59 Å². The molecule has 0 unspecified atom stereocenters. The molecule has 1 aromatic carbocycles. The summed E-state index contributed by atoms with van der Waals surface area (Å²) in [6.07, 6.45) is 2.29. The van der Waals surface area contributed by atoms with E-state index in [4.69, 9.17) is 0 Å². The number of carbonyl (C=O) groups is 2. The van der Waals surface area contributed by atoms with Crippen molar-refractivity contribution in [2.45, 2.75) is 33.1 Å². The molecule has 0 saturated heterocycles. The number of benzene rings is 1. The molecule has 0 fully saturated rings. The Morgan fingerprint density at radius 1 is 1.26 bits per heavy atom. The van der Waals surface area contributed by atoms with Gasteiger partial charge in [0, 0.05) is 16.6 Å². The molecule has 2 N–H and O–H groups in total. The van der Waals surface area contributed by atoms with Crippen LogP contribution < -0.4 is 10.6 Å². The molecular weight excluding hydrogens is 308 g/mol. The molecule has 5 heteroatoms. The Bertz CT molecular complexity index is 461. The van der Waals surface area contributed by atoms with Crippen LogP contribution in [0.2, 0.25) is 0 Å². The first kappa shape index (κ1) is 15.7. The summed E-state index contributed by atoms with van der Waals surface area (Å²) >= 11 is 3.37. The van der Waals surface area contributed by atoms with Gasteiger partial charge < -0.3 is 10.6 Å². The third-order valence-corrected chi connectivity index (χ3v) is 3.16. The molecule has 0 bridgehead atoms. The van der Waals surface area contributed by atoms with E-state index in [0.717, 1.165) is 28.6 Å². The van der Waals surface area contributed by atoms with Crippen LogP contribution in [0.15, 0.2) is 22.7 Å². The predicted molar refractivity (Wildman–Crippen MR) is 80.0 cm³/mol. The van der Waals surface area contributed by atoms with Gasteiger partial charge in [-0.2, -0.15) is 0 Å². The van der Waals surface area contributed by atoms with Crippen LogP contribution in [0.5, 0.6) is 0 Å². The van der Waals surface area contributed by atoms with E-state index in [9.17, 15) is 9.59 Å². The quantitative estimate of drug-likeness (QED) is 0.844. The summed E-state index contributed by atoms with van der Waals surface area (Å²) in [5.74, 6) is -0.292. The lowest BCUT2D eigenvalue weighted by atomic mass is 10.2. The third-order valence-electron chi connectivity index (χ3n) is 2.67. The van der Waals surface area contributed by atoms with Crippen molar-refractivity contribution in [2.24, 2.45) is 0 Å². The van der Waals surface area contributed by atoms with E-state index in [1.807, 2.05) is 32.0 Å². The third kappa shape index (κ3) is 5.87. The normalized spacial score (nSPS) is 10.1. The molecule has 0 radical (unpaired) electrons. The Kier molecular flexibility index (Phi) is 6.56. The summed E-state index contributed by atoms with van der Waals surface area (Å²) < 4.78 is 0.968. The van der Waals surface area contributed by atoms with Crippen LogP contribution in [0.4, 0.5) is 5.69 Å². The minimum absolute atomic E-state index is 0.0120. The van der Waals surface area contributed by atoms with Crippen molar-refractivity contribution in [1.82, 2.24) is 5.32 Å². The lowest BCUT2D eigenvalue weighted by Crippen LogP contribution is -2.32. The fraction of sp³-hybridized carbons (Fsp3) is 0.429. The average Bonchev–Trinajstić information content (AvgIpc) is 2.37. The van der Waals surface area contributed by atoms with Gasteiger partial charge in [-0.25, -0.2) is 0 Å². The number of amides is 2. The van der Waals surface area contributed by atoms with E-state index in [-0.39, 0.29) is 18.4 Å². The summed E-state index contributed by atoms with van der Waals surface area (Å²) in [5.41, 5.74) is 1.73. The molecule has 4 nitrogen and oxygen atoms in total. The molecule has 0 atom stereocenters. The molecule has 0 aliphatic carbocycles. The maximum Gasteiger partial charge on any atom is 0.243 e. The largest absolute Gasteiger partial charge is 0.347 e. The van der Waals surface area contributed by atoms with Crippen LogP contribution in [0.1, 0.15) is 31.7 Å². The molecule has 1 rings (SSSR count). The van der Waals surface area contributed by atoms with Gasteiger partial charge in [-0.1, -0.05) is 29.3 Å². The minimum Gasteiger partial charge on any atom is -0.347 e. The first-order chi connectivity index (χ1) is 9.02. The first-order valence-electron chi connectivity index (χ1n) is 6.35. The number of halogens is 1. The number of rotatable bonds is 6. The lowest BCUT2D eigenvalue weighted by molar-refractivity contribution is -0.124. The van der Waals surface area contributed by atoms with Gasteiger partial charge in [0.1, 0.15) is 0 Å². The number of hydrogen-bond donors (Lipinski definition) is 2. The van der Waals surface area contributed by atoms with E-state index >= 15 is 0 Å². The van der Waals surface area contributed by atoms with Crippen molar-refractivity contribution in [2.75, 3.05) is 11.9 Å². The van der Waals surface area contributed by atoms with Crippen LogP contribution in [0.3, 0.4) is 0 Å². The molecule has 1 aromatic rings. The summed E-state index contributed by atoms with van der Waals surface area (Å²) in [6.45, 7) is 3.95. The van der Waals surface area contributed by atoms with Crippen molar-refractivity contribution in [3.05, 3.63) is 28.2 Å². The fourth-order valence-electron chi connectivity index (χ4n) is 1.57. The highest BCUT2D eigenvalue weighted by molar-refractivity contribution is 9.10. The first-order valence-corrected chi connectivity index (χ1v) is 7.15. The van der Waals surface area contributed by atoms with E-state index in [2.05, 4.69) is 26.6 Å². The van der Waals surface area contributed by atoms with Gasteiger partial charge in [-0.15, -0.1) is 0 Å². The van der Waals surface area contributed by atoms with Crippen molar-refractivity contribution >= 4 is 33.4 Å². The van der Waals surface area contributed by atoms with Gasteiger partial charge in [0.15, 0.2) is 0 Å². The number of hydrogen-bond acceptors (Lipinski definition) is 2. The van der Waals surface area contributed by atoms with Gasteiger partial charge in [0.2, 0.25) is 11.8 Å². The summed E-state index contributed by atoms with van der Waals surface area (Å²) in [7, 11) is 0. The van der Waals surface area contributed by atoms with E-state index in [0.29, 0.717) is 6.42 Å². The summed E-state index contributed by atoms with van der Waals surface area (Å²) in [6, 6.07) is 5.62. The standard InChI is InChI=1S/C14H19BrN2O2/c1-3-4-5-13(18)16-9-14(19)17-12-7-6-11(15)8-10(12)2/h6-8H,3-5,9H2,1-2H3,(H,16,18)(H,17,19). The molecule has 0 aliphatic rings. The second-order valence-corrected chi connectivity index (χ2v) is 5.30. The highest BCUT2D eigenvalue weighted by Gasteiger charge is 2.07. The Balaban J connectivity index is 2.41. The monoisotopic (exact) mass is 326 g/mol. The zero-order chi connectivity index (χ0) is 14.3. The van der Waals surface area contributed by atoms with Crippen LogP contribution in [0, 0.1) is 6.92 Å². The Hall–Kier alpha value is -1.36. The number of unbranched alkanes of at least 4 members (excludes halogenated alkanes) is 1. The molecular formula is C14H19BrN2O2. The van der Waals surface area contributed by atoms with E-state index in [1.165, 1.54) is 0 Å². The maximum absolute atomic E-state index is 11.7. The maximum atomic E-state index is 11.7. The Morgan fingerprint density at radius 3 is 2.63 bits per heavy atom. The van der Waals surface area contributed by atoms with Gasteiger partial charge in [0.05, 0.1) is 6.54 Å². The average molecular weight is 327 g/mol. The molecule has 0 saturated carbocycles. The highest BCUT2D eigenvalue weighted by Crippen LogP contribution is 2.19. The molecule has 0 spiro atoms. The summed E-state index contributed by atoms with van der Waals surface area (Å²) in [5, 5.41) is 5.38. The smallest absolute Gasteiger partial charge is 0.243 e. The zero-order valence-corrected chi connectivity index (χ0v) is 12.8. The molecule has 2 amide bonds. The summed E-state index contributed by atoms with van der Waals surface area (Å²) in [4.78, 5) is 23.1. The second kappa shape index (κ2) is 7.94. The molecule has 0 aromatic heterocycles. The molecule has 104 valence electrons. The van der Waals surface area contributed by atoms with Gasteiger partial charge >= 0.3 is 0 Å². The number of aryl methyl sites for hydroxylation is 1. The van der Waals surface area contributed by atoms with Crippen LogP contribution in [0.25, 0.3) is 0 Å². The highest BCUT2D eigenvalue weighted by atomic mass is 79.9. The topological polar surface area (TPSA) is 58.2 Å². The predicted octanol–water partition coefficient (Wildman–Crippen LogP) is 3.00. The minimum atomic E-state index is -0.213. The van der Waals surface area contributed by atoms with Crippen LogP contribution in [-0.2, 0) is 9.59 Å². The second-order valence-electron chi connectivity index (χ2n) is 4.39.